The fraction of sp³-hybridized carbons (Fsp3) is 0.600. The van der Waals surface area contributed by atoms with Crippen molar-refractivity contribution in [1.29, 1.82) is 0 Å². The van der Waals surface area contributed by atoms with Gasteiger partial charge < -0.3 is 15.1 Å². The first-order valence-electron chi connectivity index (χ1n) is 7.07. The molecule has 2 N–H and O–H groups in total. The molecule has 1 heterocycles. The average molecular weight is 303 g/mol. The molecule has 3 nitrogen and oxygen atoms in total. The number of hydrogen-bond donors (Lipinski definition) is 2. The van der Waals surface area contributed by atoms with Crippen molar-refractivity contribution in [2.45, 2.75) is 38.7 Å². The summed E-state index contributed by atoms with van der Waals surface area (Å²) >= 11 is 0. The maximum atomic E-state index is 13.0. The van der Waals surface area contributed by atoms with Crippen molar-refractivity contribution in [3.05, 3.63) is 29.3 Å². The summed E-state index contributed by atoms with van der Waals surface area (Å²) < 4.78 is 39.0. The van der Waals surface area contributed by atoms with Gasteiger partial charge in [-0.25, -0.2) is 0 Å². The van der Waals surface area contributed by atoms with Gasteiger partial charge in [-0.2, -0.15) is 13.2 Å². The number of rotatable bonds is 3. The summed E-state index contributed by atoms with van der Waals surface area (Å²) in [6, 6.07) is 4.05. The Morgan fingerprint density at radius 1 is 1.29 bits per heavy atom. The third kappa shape index (κ3) is 3.68. The smallest absolute Gasteiger partial charge is 0.393 e. The zero-order chi connectivity index (χ0) is 15.6. The van der Waals surface area contributed by atoms with Crippen LogP contribution in [0.2, 0.25) is 0 Å². The zero-order valence-corrected chi connectivity index (χ0v) is 11.9. The quantitative estimate of drug-likeness (QED) is 0.902. The van der Waals surface area contributed by atoms with Gasteiger partial charge in [0.05, 0.1) is 18.3 Å². The van der Waals surface area contributed by atoms with Crippen molar-refractivity contribution >= 4 is 5.69 Å². The largest absolute Gasteiger partial charge is 0.416 e. The second kappa shape index (κ2) is 6.23. The van der Waals surface area contributed by atoms with E-state index in [0.717, 1.165) is 18.9 Å². The Morgan fingerprint density at radius 2 is 1.90 bits per heavy atom. The Bertz CT molecular complexity index is 480. The van der Waals surface area contributed by atoms with Crippen molar-refractivity contribution < 1.29 is 23.4 Å². The van der Waals surface area contributed by atoms with Crippen LogP contribution in [0.25, 0.3) is 0 Å². The molecule has 0 aliphatic carbocycles. The molecule has 1 saturated heterocycles. The second-order valence-corrected chi connectivity index (χ2v) is 5.56. The van der Waals surface area contributed by atoms with Gasteiger partial charge in [0.15, 0.2) is 0 Å². The highest BCUT2D eigenvalue weighted by Crippen LogP contribution is 2.35. The minimum absolute atomic E-state index is 0.106. The highest BCUT2D eigenvalue weighted by Gasteiger charge is 2.34. The van der Waals surface area contributed by atoms with Crippen molar-refractivity contribution in [2.75, 3.05) is 18.0 Å². The number of aliphatic hydroxyl groups is 2. The number of halogens is 3. The first-order chi connectivity index (χ1) is 9.82. The van der Waals surface area contributed by atoms with E-state index in [-0.39, 0.29) is 17.6 Å². The third-order valence-electron chi connectivity index (χ3n) is 4.16. The van der Waals surface area contributed by atoms with E-state index in [1.165, 1.54) is 6.07 Å². The minimum atomic E-state index is -4.47. The number of anilines is 1. The maximum absolute atomic E-state index is 13.0. The second-order valence-electron chi connectivity index (χ2n) is 5.56. The zero-order valence-electron chi connectivity index (χ0n) is 11.9. The Balaban J connectivity index is 2.18. The summed E-state index contributed by atoms with van der Waals surface area (Å²) in [5.74, 6) is 0.208. The molecule has 118 valence electrons. The molecular formula is C15H20F3NO2. The van der Waals surface area contributed by atoms with Crippen molar-refractivity contribution in [3.8, 4) is 0 Å². The van der Waals surface area contributed by atoms with Crippen LogP contribution < -0.4 is 4.90 Å². The van der Waals surface area contributed by atoms with Crippen LogP contribution in [-0.2, 0) is 12.8 Å². The van der Waals surface area contributed by atoms with Gasteiger partial charge in [0.25, 0.3) is 0 Å². The predicted octanol–water partition coefficient (Wildman–Crippen LogP) is 2.79. The summed E-state index contributed by atoms with van der Waals surface area (Å²) in [7, 11) is 0. The average Bonchev–Trinajstić information content (AvgIpc) is 2.45. The molecule has 0 saturated carbocycles. The van der Waals surface area contributed by atoms with E-state index >= 15 is 0 Å². The number of hydrogen-bond acceptors (Lipinski definition) is 3. The van der Waals surface area contributed by atoms with Crippen LogP contribution in [0.15, 0.2) is 18.2 Å². The van der Waals surface area contributed by atoms with Gasteiger partial charge in [-0.3, -0.25) is 0 Å². The molecule has 0 radical (unpaired) electrons. The summed E-state index contributed by atoms with van der Waals surface area (Å²) in [6.45, 7) is 2.38. The van der Waals surface area contributed by atoms with Gasteiger partial charge in [0, 0.05) is 18.8 Å². The van der Waals surface area contributed by atoms with Crippen molar-refractivity contribution in [1.82, 2.24) is 0 Å². The number of alkyl halides is 3. The summed E-state index contributed by atoms with van der Waals surface area (Å²) in [4.78, 5) is 1.90. The lowest BCUT2D eigenvalue weighted by Gasteiger charge is -2.35. The first-order valence-corrected chi connectivity index (χ1v) is 7.07. The summed E-state index contributed by atoms with van der Waals surface area (Å²) in [5, 5.41) is 18.6. The maximum Gasteiger partial charge on any atom is 0.416 e. The normalized spacial score (nSPS) is 18.9. The Labute approximate surface area is 122 Å². The van der Waals surface area contributed by atoms with Crippen LogP contribution in [-0.4, -0.2) is 29.4 Å². The highest BCUT2D eigenvalue weighted by atomic mass is 19.4. The molecule has 1 aromatic carbocycles. The number of aliphatic hydroxyl groups excluding tert-OH is 2. The van der Waals surface area contributed by atoms with Crippen LogP contribution in [0, 0.1) is 5.92 Å². The van der Waals surface area contributed by atoms with Gasteiger partial charge in [0.2, 0.25) is 0 Å². The van der Waals surface area contributed by atoms with Gasteiger partial charge >= 0.3 is 6.18 Å². The number of nitrogens with zero attached hydrogens (tertiary/aromatic N) is 1. The monoisotopic (exact) mass is 303 g/mol. The predicted molar refractivity (Wildman–Crippen MR) is 74.0 cm³/mol. The Hall–Kier alpha value is -1.27. The molecular weight excluding hydrogens is 283 g/mol. The van der Waals surface area contributed by atoms with E-state index in [2.05, 4.69) is 0 Å². The van der Waals surface area contributed by atoms with Crippen LogP contribution in [0.1, 0.15) is 30.9 Å². The molecule has 0 spiro atoms. The first kappa shape index (κ1) is 16.1. The van der Waals surface area contributed by atoms with Crippen LogP contribution in [0.3, 0.4) is 0 Å². The minimum Gasteiger partial charge on any atom is -0.393 e. The summed E-state index contributed by atoms with van der Waals surface area (Å²) in [5.41, 5.74) is -0.367. The van der Waals surface area contributed by atoms with Gasteiger partial charge in [-0.1, -0.05) is 6.07 Å². The van der Waals surface area contributed by atoms with E-state index in [1.54, 1.807) is 13.0 Å². The van der Waals surface area contributed by atoms with E-state index in [0.29, 0.717) is 18.8 Å². The lowest BCUT2D eigenvalue weighted by atomic mass is 9.92. The van der Waals surface area contributed by atoms with Crippen molar-refractivity contribution in [2.24, 2.45) is 5.92 Å². The SMILES string of the molecule is CC(O)C1CCN(c2ccc(CO)c(C(F)(F)F)c2)CC1. The van der Waals surface area contributed by atoms with Crippen LogP contribution in [0.4, 0.5) is 18.9 Å². The molecule has 0 aromatic heterocycles. The lowest BCUT2D eigenvalue weighted by molar-refractivity contribution is -0.138. The van der Waals surface area contributed by atoms with Crippen LogP contribution >= 0.6 is 0 Å². The molecule has 2 rings (SSSR count). The third-order valence-corrected chi connectivity index (χ3v) is 4.16. The molecule has 0 amide bonds. The molecule has 1 aliphatic rings. The van der Waals surface area contributed by atoms with E-state index < -0.39 is 18.3 Å². The van der Waals surface area contributed by atoms with E-state index in [9.17, 15) is 18.3 Å². The standard InChI is InChI=1S/C15H20F3NO2/c1-10(21)11-4-6-19(7-5-11)13-3-2-12(9-20)14(8-13)15(16,17)18/h2-3,8,10-11,20-21H,4-7,9H2,1H3. The molecule has 1 atom stereocenters. The molecule has 1 aliphatic heterocycles. The van der Waals surface area contributed by atoms with Gasteiger partial charge in [-0.15, -0.1) is 0 Å². The fourth-order valence-electron chi connectivity index (χ4n) is 2.80. The highest BCUT2D eigenvalue weighted by molar-refractivity contribution is 5.52. The van der Waals surface area contributed by atoms with E-state index in [1.807, 2.05) is 4.90 Å². The topological polar surface area (TPSA) is 43.7 Å². The Kier molecular flexibility index (Phi) is 4.78. The molecule has 6 heteroatoms. The van der Waals surface area contributed by atoms with Crippen molar-refractivity contribution in [3.63, 3.8) is 0 Å². The molecule has 1 unspecified atom stereocenters. The Morgan fingerprint density at radius 3 is 2.38 bits per heavy atom. The van der Waals surface area contributed by atoms with Gasteiger partial charge in [-0.05, 0) is 43.4 Å². The lowest BCUT2D eigenvalue weighted by Crippen LogP contribution is -2.37. The molecule has 21 heavy (non-hydrogen) atoms. The molecule has 1 aromatic rings. The fourth-order valence-corrected chi connectivity index (χ4v) is 2.80. The number of benzene rings is 1. The molecule has 0 bridgehead atoms. The van der Waals surface area contributed by atoms with Crippen LogP contribution in [0.5, 0.6) is 0 Å². The summed E-state index contributed by atoms with van der Waals surface area (Å²) in [6.07, 6.45) is -3.32. The number of piperidine rings is 1. The van der Waals surface area contributed by atoms with Gasteiger partial charge in [0.1, 0.15) is 0 Å². The molecule has 1 fully saturated rings. The van der Waals surface area contributed by atoms with E-state index in [4.69, 9.17) is 5.11 Å².